The first-order chi connectivity index (χ1) is 9.15. The summed E-state index contributed by atoms with van der Waals surface area (Å²) < 4.78 is 41.1. The molecule has 0 aromatic heterocycles. The molecule has 20 heavy (non-hydrogen) atoms. The number of halogens is 3. The van der Waals surface area contributed by atoms with Gasteiger partial charge in [0.05, 0.1) is 11.6 Å². The first-order valence-electron chi connectivity index (χ1n) is 6.35. The third-order valence-electron chi connectivity index (χ3n) is 3.80. The highest BCUT2D eigenvalue weighted by Gasteiger charge is 2.43. The second-order valence-electron chi connectivity index (χ2n) is 5.53. The van der Waals surface area contributed by atoms with Crippen LogP contribution in [0.3, 0.4) is 0 Å². The van der Waals surface area contributed by atoms with E-state index >= 15 is 0 Å². The van der Waals surface area contributed by atoms with E-state index in [1.54, 1.807) is 6.07 Å². The standard InChI is InChI=1S/C14H16F3NO2/c1-4-13(2,3)10-8-6-5-7-9(20-14(15,16)17)11(8)18-12(10)19/h5-7,10H,4H2,1-3H3,(H,18,19). The second kappa shape index (κ2) is 4.68. The van der Waals surface area contributed by atoms with Crippen molar-refractivity contribution >= 4 is 11.6 Å². The summed E-state index contributed by atoms with van der Waals surface area (Å²) in [6, 6.07) is 4.34. The molecule has 1 heterocycles. The zero-order chi connectivity index (χ0) is 15.1. The van der Waals surface area contributed by atoms with E-state index in [4.69, 9.17) is 0 Å². The van der Waals surface area contributed by atoms with Crippen LogP contribution >= 0.6 is 0 Å². The minimum atomic E-state index is -4.78. The van der Waals surface area contributed by atoms with Crippen LogP contribution in [-0.4, -0.2) is 12.3 Å². The van der Waals surface area contributed by atoms with Gasteiger partial charge in [0.2, 0.25) is 5.91 Å². The number of nitrogens with one attached hydrogen (secondary N) is 1. The fraction of sp³-hybridized carbons (Fsp3) is 0.500. The molecule has 0 radical (unpaired) electrons. The summed E-state index contributed by atoms with van der Waals surface area (Å²) in [5.41, 5.74) is 0.344. The van der Waals surface area contributed by atoms with Crippen LogP contribution in [0.25, 0.3) is 0 Å². The molecule has 3 nitrogen and oxygen atoms in total. The second-order valence-corrected chi connectivity index (χ2v) is 5.53. The van der Waals surface area contributed by atoms with Crippen LogP contribution in [0, 0.1) is 5.41 Å². The van der Waals surface area contributed by atoms with E-state index in [0.29, 0.717) is 5.56 Å². The van der Waals surface area contributed by atoms with Crippen molar-refractivity contribution in [2.75, 3.05) is 5.32 Å². The van der Waals surface area contributed by atoms with Gasteiger partial charge >= 0.3 is 6.36 Å². The molecule has 0 saturated heterocycles. The zero-order valence-electron chi connectivity index (χ0n) is 11.5. The molecule has 0 aliphatic carbocycles. The molecule has 1 unspecified atom stereocenters. The van der Waals surface area contributed by atoms with E-state index in [2.05, 4.69) is 10.1 Å². The highest BCUT2D eigenvalue weighted by molar-refractivity contribution is 6.05. The maximum atomic E-state index is 12.4. The van der Waals surface area contributed by atoms with Gasteiger partial charge in [0.25, 0.3) is 0 Å². The molecular formula is C14H16F3NO2. The van der Waals surface area contributed by atoms with Gasteiger partial charge in [0, 0.05) is 0 Å². The largest absolute Gasteiger partial charge is 0.573 e. The molecule has 0 fully saturated rings. The molecular weight excluding hydrogens is 271 g/mol. The lowest BCUT2D eigenvalue weighted by molar-refractivity contribution is -0.274. The fourth-order valence-electron chi connectivity index (χ4n) is 2.45. The number of amides is 1. The number of alkyl halides is 3. The summed E-state index contributed by atoms with van der Waals surface area (Å²) in [5, 5.41) is 2.52. The zero-order valence-corrected chi connectivity index (χ0v) is 11.5. The van der Waals surface area contributed by atoms with Crippen LogP contribution in [0.15, 0.2) is 18.2 Å². The predicted octanol–water partition coefficient (Wildman–Crippen LogP) is 4.06. The van der Waals surface area contributed by atoms with Gasteiger partial charge in [-0.05, 0) is 23.5 Å². The van der Waals surface area contributed by atoms with E-state index in [1.165, 1.54) is 12.1 Å². The quantitative estimate of drug-likeness (QED) is 0.910. The average Bonchev–Trinajstić information content (AvgIpc) is 2.65. The monoisotopic (exact) mass is 287 g/mol. The Balaban J connectivity index is 2.46. The van der Waals surface area contributed by atoms with Crippen molar-refractivity contribution in [3.05, 3.63) is 23.8 Å². The van der Waals surface area contributed by atoms with Gasteiger partial charge in [-0.3, -0.25) is 4.79 Å². The molecule has 6 heteroatoms. The summed E-state index contributed by atoms with van der Waals surface area (Å²) in [5.74, 6) is -1.12. The lowest BCUT2D eigenvalue weighted by Crippen LogP contribution is -2.27. The van der Waals surface area contributed by atoms with Crippen molar-refractivity contribution in [3.63, 3.8) is 0 Å². The van der Waals surface area contributed by atoms with Gasteiger partial charge in [0.15, 0.2) is 5.75 Å². The maximum absolute atomic E-state index is 12.4. The number of carbonyl (C=O) groups is 1. The van der Waals surface area contributed by atoms with Gasteiger partial charge in [0.1, 0.15) is 0 Å². The predicted molar refractivity (Wildman–Crippen MR) is 68.6 cm³/mol. The number of hydrogen-bond acceptors (Lipinski definition) is 2. The Hall–Kier alpha value is -1.72. The Labute approximate surface area is 115 Å². The summed E-state index contributed by atoms with van der Waals surface area (Å²) in [4.78, 5) is 12.1. The number of rotatable bonds is 3. The smallest absolute Gasteiger partial charge is 0.404 e. The Bertz CT molecular complexity index is 538. The molecule has 110 valence electrons. The maximum Gasteiger partial charge on any atom is 0.573 e. The molecule has 1 amide bonds. The third kappa shape index (κ3) is 2.59. The Morgan fingerprint density at radius 1 is 1.30 bits per heavy atom. The van der Waals surface area contributed by atoms with Gasteiger partial charge < -0.3 is 10.1 Å². The topological polar surface area (TPSA) is 38.3 Å². The van der Waals surface area contributed by atoms with Gasteiger partial charge in [-0.15, -0.1) is 13.2 Å². The molecule has 2 rings (SSSR count). The molecule has 1 atom stereocenters. The number of carbonyl (C=O) groups excluding carboxylic acids is 1. The SMILES string of the molecule is CCC(C)(C)C1C(=O)Nc2c(OC(F)(F)F)cccc21. The summed E-state index contributed by atoms with van der Waals surface area (Å²) in [6.07, 6.45) is -4.05. The van der Waals surface area contributed by atoms with Crippen LogP contribution < -0.4 is 10.1 Å². The van der Waals surface area contributed by atoms with Crippen LogP contribution in [0.2, 0.25) is 0 Å². The fourth-order valence-corrected chi connectivity index (χ4v) is 2.45. The first-order valence-corrected chi connectivity index (χ1v) is 6.35. The minimum Gasteiger partial charge on any atom is -0.404 e. The summed E-state index contributed by atoms with van der Waals surface area (Å²) in [6.45, 7) is 5.79. The molecule has 0 saturated carbocycles. The van der Waals surface area contributed by atoms with Crippen LogP contribution in [0.1, 0.15) is 38.7 Å². The normalized spacial score (nSPS) is 18.7. The minimum absolute atomic E-state index is 0.126. The summed E-state index contributed by atoms with van der Waals surface area (Å²) in [7, 11) is 0. The van der Waals surface area contributed by atoms with Crippen LogP contribution in [-0.2, 0) is 4.79 Å². The van der Waals surface area contributed by atoms with Crippen molar-refractivity contribution in [2.45, 2.75) is 39.5 Å². The third-order valence-corrected chi connectivity index (χ3v) is 3.80. The van der Waals surface area contributed by atoms with E-state index in [-0.39, 0.29) is 22.8 Å². The number of fused-ring (bicyclic) bond motifs is 1. The Morgan fingerprint density at radius 3 is 2.50 bits per heavy atom. The van der Waals surface area contributed by atoms with E-state index in [9.17, 15) is 18.0 Å². The lowest BCUT2D eigenvalue weighted by Gasteiger charge is -2.28. The number of hydrogen-bond donors (Lipinski definition) is 1. The van der Waals surface area contributed by atoms with E-state index in [1.807, 2.05) is 20.8 Å². The van der Waals surface area contributed by atoms with Crippen molar-refractivity contribution in [3.8, 4) is 5.75 Å². The Kier molecular flexibility index (Phi) is 3.44. The molecule has 1 aromatic rings. The van der Waals surface area contributed by atoms with Gasteiger partial charge in [-0.1, -0.05) is 32.9 Å². The number of anilines is 1. The van der Waals surface area contributed by atoms with Gasteiger partial charge in [-0.2, -0.15) is 0 Å². The number of benzene rings is 1. The van der Waals surface area contributed by atoms with Crippen molar-refractivity contribution in [2.24, 2.45) is 5.41 Å². The first kappa shape index (κ1) is 14.7. The number of para-hydroxylation sites is 1. The molecule has 1 aliphatic heterocycles. The van der Waals surface area contributed by atoms with Gasteiger partial charge in [-0.25, -0.2) is 0 Å². The molecule has 1 aromatic carbocycles. The van der Waals surface area contributed by atoms with Crippen molar-refractivity contribution in [1.82, 2.24) is 0 Å². The lowest BCUT2D eigenvalue weighted by atomic mass is 9.74. The molecule has 1 aliphatic rings. The molecule has 0 spiro atoms. The number of ether oxygens (including phenoxy) is 1. The van der Waals surface area contributed by atoms with Crippen molar-refractivity contribution in [1.29, 1.82) is 0 Å². The van der Waals surface area contributed by atoms with Crippen LogP contribution in [0.5, 0.6) is 5.75 Å². The summed E-state index contributed by atoms with van der Waals surface area (Å²) >= 11 is 0. The van der Waals surface area contributed by atoms with Crippen LogP contribution in [0.4, 0.5) is 18.9 Å². The molecule has 0 bridgehead atoms. The van der Waals surface area contributed by atoms with E-state index in [0.717, 1.165) is 6.42 Å². The highest BCUT2D eigenvalue weighted by Crippen LogP contribution is 2.49. The van der Waals surface area contributed by atoms with E-state index < -0.39 is 12.3 Å². The Morgan fingerprint density at radius 2 is 1.95 bits per heavy atom. The average molecular weight is 287 g/mol. The highest BCUT2D eigenvalue weighted by atomic mass is 19.4. The van der Waals surface area contributed by atoms with Crippen molar-refractivity contribution < 1.29 is 22.7 Å². The molecule has 1 N–H and O–H groups in total.